The van der Waals surface area contributed by atoms with Gasteiger partial charge in [-0.05, 0) is 23.0 Å². The van der Waals surface area contributed by atoms with Crippen LogP contribution in [0.4, 0.5) is 5.69 Å². The minimum atomic E-state index is 0.192. The summed E-state index contributed by atoms with van der Waals surface area (Å²) in [4.78, 5) is 4.75. The van der Waals surface area contributed by atoms with Gasteiger partial charge in [0.25, 0.3) is 0 Å². The van der Waals surface area contributed by atoms with Gasteiger partial charge in [0.15, 0.2) is 0 Å². The van der Waals surface area contributed by atoms with Gasteiger partial charge in [0.1, 0.15) is 0 Å². The number of aliphatic imine (C=N–C) groups is 1. The Morgan fingerprint density at radius 1 is 1.27 bits per heavy atom. The van der Waals surface area contributed by atoms with Crippen molar-refractivity contribution in [2.45, 2.75) is 46.0 Å². The number of nitrogens with zero attached hydrogens (tertiary/aromatic N) is 1. The molecule has 0 bridgehead atoms. The summed E-state index contributed by atoms with van der Waals surface area (Å²) in [6.45, 7) is 8.94. The molecular weight excluding hydrogens is 182 g/mol. The van der Waals surface area contributed by atoms with Crippen molar-refractivity contribution < 1.29 is 0 Å². The van der Waals surface area contributed by atoms with Gasteiger partial charge in [-0.25, -0.2) is 0 Å². The topological polar surface area (TPSA) is 12.4 Å². The van der Waals surface area contributed by atoms with Gasteiger partial charge in [-0.3, -0.25) is 4.99 Å². The highest BCUT2D eigenvalue weighted by Crippen LogP contribution is 2.37. The van der Waals surface area contributed by atoms with Crippen LogP contribution >= 0.6 is 0 Å². The smallest absolute Gasteiger partial charge is 0.0702 e. The van der Waals surface area contributed by atoms with E-state index < -0.39 is 0 Å². The van der Waals surface area contributed by atoms with Crippen LogP contribution in [-0.4, -0.2) is 5.71 Å². The molecular formula is C14H19N. The predicted molar refractivity (Wildman–Crippen MR) is 66.2 cm³/mol. The molecule has 0 atom stereocenters. The Morgan fingerprint density at radius 2 is 2.00 bits per heavy atom. The molecule has 0 fully saturated rings. The van der Waals surface area contributed by atoms with Crippen molar-refractivity contribution in [3.05, 3.63) is 29.3 Å². The van der Waals surface area contributed by atoms with Crippen LogP contribution in [0.25, 0.3) is 0 Å². The van der Waals surface area contributed by atoms with Gasteiger partial charge in [0, 0.05) is 12.1 Å². The van der Waals surface area contributed by atoms with Crippen molar-refractivity contribution in [2.75, 3.05) is 0 Å². The normalized spacial score (nSPS) is 15.1. The van der Waals surface area contributed by atoms with Crippen molar-refractivity contribution >= 4 is 11.4 Å². The quantitative estimate of drug-likeness (QED) is 0.650. The Balaban J connectivity index is 2.52. The number of benzene rings is 1. The summed E-state index contributed by atoms with van der Waals surface area (Å²) in [7, 11) is 0. The maximum Gasteiger partial charge on any atom is 0.0702 e. The molecule has 1 aliphatic heterocycles. The van der Waals surface area contributed by atoms with Crippen LogP contribution in [0.3, 0.4) is 0 Å². The van der Waals surface area contributed by atoms with Crippen LogP contribution in [0, 0.1) is 0 Å². The zero-order valence-electron chi connectivity index (χ0n) is 10.1. The number of para-hydroxylation sites is 1. The van der Waals surface area contributed by atoms with E-state index in [2.05, 4.69) is 45.9 Å². The van der Waals surface area contributed by atoms with E-state index in [0.29, 0.717) is 0 Å². The predicted octanol–water partition coefficient (Wildman–Crippen LogP) is 4.02. The molecule has 0 unspecified atom stereocenters. The van der Waals surface area contributed by atoms with Crippen molar-refractivity contribution in [3.63, 3.8) is 0 Å². The first kappa shape index (κ1) is 10.4. The highest BCUT2D eigenvalue weighted by Gasteiger charge is 2.23. The van der Waals surface area contributed by atoms with E-state index in [1.54, 1.807) is 0 Å². The van der Waals surface area contributed by atoms with Crippen molar-refractivity contribution in [1.82, 2.24) is 0 Å². The maximum atomic E-state index is 4.75. The largest absolute Gasteiger partial charge is 0.257 e. The van der Waals surface area contributed by atoms with Crippen molar-refractivity contribution in [3.8, 4) is 0 Å². The van der Waals surface area contributed by atoms with E-state index >= 15 is 0 Å². The average molecular weight is 201 g/mol. The highest BCUT2D eigenvalue weighted by molar-refractivity contribution is 5.94. The van der Waals surface area contributed by atoms with Crippen LogP contribution < -0.4 is 0 Å². The lowest BCUT2D eigenvalue weighted by Gasteiger charge is -2.21. The van der Waals surface area contributed by atoms with Crippen LogP contribution in [0.1, 0.15) is 45.2 Å². The molecule has 1 heterocycles. The van der Waals surface area contributed by atoms with Gasteiger partial charge >= 0.3 is 0 Å². The lowest BCUT2D eigenvalue weighted by molar-refractivity contribution is 0.591. The standard InChI is InChI=1S/C14H19N/c1-5-11-9-10-7-6-8-12(13(10)15-11)14(2,3)4/h6-8H,5,9H2,1-4H3. The Hall–Kier alpha value is -1.11. The monoisotopic (exact) mass is 201 g/mol. The first-order valence-electron chi connectivity index (χ1n) is 5.71. The fourth-order valence-electron chi connectivity index (χ4n) is 2.09. The molecule has 1 aromatic rings. The summed E-state index contributed by atoms with van der Waals surface area (Å²) in [6.07, 6.45) is 2.12. The Kier molecular flexibility index (Phi) is 2.41. The molecule has 0 saturated carbocycles. The molecule has 0 amide bonds. The molecule has 0 aromatic heterocycles. The second-order valence-corrected chi connectivity index (χ2v) is 5.27. The third-order valence-corrected chi connectivity index (χ3v) is 3.00. The van der Waals surface area contributed by atoms with Gasteiger partial charge < -0.3 is 0 Å². The van der Waals surface area contributed by atoms with Gasteiger partial charge in [-0.2, -0.15) is 0 Å². The van der Waals surface area contributed by atoms with E-state index in [9.17, 15) is 0 Å². The van der Waals surface area contributed by atoms with E-state index in [4.69, 9.17) is 4.99 Å². The summed E-state index contributed by atoms with van der Waals surface area (Å²) in [6, 6.07) is 6.57. The summed E-state index contributed by atoms with van der Waals surface area (Å²) >= 11 is 0. The molecule has 80 valence electrons. The van der Waals surface area contributed by atoms with E-state index in [1.807, 2.05) is 0 Å². The van der Waals surface area contributed by atoms with Crippen molar-refractivity contribution in [2.24, 2.45) is 4.99 Å². The Morgan fingerprint density at radius 3 is 2.60 bits per heavy atom. The molecule has 0 radical (unpaired) electrons. The fraction of sp³-hybridized carbons (Fsp3) is 0.500. The van der Waals surface area contributed by atoms with Gasteiger partial charge in [-0.15, -0.1) is 0 Å². The van der Waals surface area contributed by atoms with Crippen molar-refractivity contribution in [1.29, 1.82) is 0 Å². The van der Waals surface area contributed by atoms with Gasteiger partial charge in [0.05, 0.1) is 5.69 Å². The number of hydrogen-bond donors (Lipinski definition) is 0. The Labute approximate surface area is 92.2 Å². The minimum Gasteiger partial charge on any atom is -0.257 e. The second kappa shape index (κ2) is 3.48. The first-order valence-corrected chi connectivity index (χ1v) is 5.71. The Bertz CT molecular complexity index is 408. The number of fused-ring (bicyclic) bond motifs is 1. The maximum absolute atomic E-state index is 4.75. The summed E-state index contributed by atoms with van der Waals surface area (Å²) in [5, 5.41) is 0. The fourth-order valence-corrected chi connectivity index (χ4v) is 2.09. The molecule has 1 heteroatoms. The molecule has 1 aromatic carbocycles. The first-order chi connectivity index (χ1) is 7.02. The van der Waals surface area contributed by atoms with E-state index in [-0.39, 0.29) is 5.41 Å². The van der Waals surface area contributed by atoms with Crippen LogP contribution in [0.2, 0.25) is 0 Å². The molecule has 15 heavy (non-hydrogen) atoms. The van der Waals surface area contributed by atoms with Crippen LogP contribution in [-0.2, 0) is 11.8 Å². The third kappa shape index (κ3) is 1.83. The summed E-state index contributed by atoms with van der Waals surface area (Å²) in [5.41, 5.74) is 5.53. The summed E-state index contributed by atoms with van der Waals surface area (Å²) in [5.74, 6) is 0. The third-order valence-electron chi connectivity index (χ3n) is 3.00. The zero-order valence-corrected chi connectivity index (χ0v) is 10.1. The van der Waals surface area contributed by atoms with E-state index in [0.717, 1.165) is 12.8 Å². The van der Waals surface area contributed by atoms with Crippen LogP contribution in [0.5, 0.6) is 0 Å². The average Bonchev–Trinajstić information content (AvgIpc) is 2.57. The number of rotatable bonds is 1. The van der Waals surface area contributed by atoms with Crippen LogP contribution in [0.15, 0.2) is 23.2 Å². The lowest BCUT2D eigenvalue weighted by atomic mass is 9.85. The minimum absolute atomic E-state index is 0.192. The van der Waals surface area contributed by atoms with Gasteiger partial charge in [0.2, 0.25) is 0 Å². The molecule has 0 spiro atoms. The summed E-state index contributed by atoms with van der Waals surface area (Å²) < 4.78 is 0. The SMILES string of the molecule is CCC1=Nc2c(cccc2C(C)(C)C)C1. The van der Waals surface area contributed by atoms with E-state index in [1.165, 1.54) is 22.5 Å². The molecule has 0 N–H and O–H groups in total. The molecule has 1 aliphatic rings. The molecule has 1 nitrogen and oxygen atoms in total. The second-order valence-electron chi connectivity index (χ2n) is 5.27. The molecule has 2 rings (SSSR count). The molecule has 0 saturated heterocycles. The zero-order chi connectivity index (χ0) is 11.1. The highest BCUT2D eigenvalue weighted by atomic mass is 14.8. The molecule has 0 aliphatic carbocycles. The lowest BCUT2D eigenvalue weighted by Crippen LogP contribution is -2.11. The number of hydrogen-bond acceptors (Lipinski definition) is 1. The van der Waals surface area contributed by atoms with Gasteiger partial charge in [-0.1, -0.05) is 45.9 Å².